The van der Waals surface area contributed by atoms with Gasteiger partial charge in [-0.05, 0) is 56.7 Å². The summed E-state index contributed by atoms with van der Waals surface area (Å²) in [5.41, 5.74) is 0.466. The van der Waals surface area contributed by atoms with Gasteiger partial charge in [-0.25, -0.2) is 22.8 Å². The third-order valence-electron chi connectivity index (χ3n) is 3.99. The summed E-state index contributed by atoms with van der Waals surface area (Å²) >= 11 is 0. The number of hydrogen-bond acceptors (Lipinski definition) is 3. The number of benzene rings is 2. The first-order valence-electron chi connectivity index (χ1n) is 8.28. The van der Waals surface area contributed by atoms with Crippen LogP contribution in [0.15, 0.2) is 42.5 Å². The Balaban J connectivity index is 1.73. The van der Waals surface area contributed by atoms with Gasteiger partial charge in [-0.1, -0.05) is 6.07 Å². The molecule has 1 heterocycles. The molecule has 1 amide bonds. The van der Waals surface area contributed by atoms with E-state index in [4.69, 9.17) is 0 Å². The molecule has 0 aliphatic rings. The molecule has 0 saturated carbocycles. The monoisotopic (exact) mass is 374 g/mol. The molecular weight excluding hydrogens is 357 g/mol. The molecule has 0 fully saturated rings. The minimum Gasteiger partial charge on any atom is -0.346 e. The zero-order chi connectivity index (χ0) is 19.6. The van der Waals surface area contributed by atoms with Crippen LogP contribution in [-0.4, -0.2) is 26.7 Å². The first-order chi connectivity index (χ1) is 12.8. The van der Waals surface area contributed by atoms with E-state index >= 15 is 0 Å². The lowest BCUT2D eigenvalue weighted by molar-refractivity contribution is 0.0929. The number of halogens is 3. The second-order valence-corrected chi connectivity index (χ2v) is 6.15. The van der Waals surface area contributed by atoms with Gasteiger partial charge >= 0.3 is 0 Å². The van der Waals surface area contributed by atoms with Crippen LogP contribution in [0, 0.1) is 24.4 Å². The van der Waals surface area contributed by atoms with Gasteiger partial charge in [0.1, 0.15) is 23.3 Å². The van der Waals surface area contributed by atoms with Crippen molar-refractivity contribution < 1.29 is 18.0 Å². The Labute approximate surface area is 153 Å². The summed E-state index contributed by atoms with van der Waals surface area (Å²) in [6.07, 6.45) is -0.0120. The molecule has 0 saturated heterocycles. The van der Waals surface area contributed by atoms with Gasteiger partial charge in [0, 0.05) is 11.6 Å². The summed E-state index contributed by atoms with van der Waals surface area (Å²) in [5.74, 6) is -1.92. The molecule has 5 nitrogen and oxygen atoms in total. The highest BCUT2D eigenvalue weighted by Crippen LogP contribution is 2.15. The zero-order valence-electron chi connectivity index (χ0n) is 14.7. The molecule has 1 atom stereocenters. The fourth-order valence-corrected chi connectivity index (χ4v) is 2.69. The number of amides is 1. The van der Waals surface area contributed by atoms with Gasteiger partial charge in [0.05, 0.1) is 5.69 Å². The molecule has 1 N–H and O–H groups in total. The van der Waals surface area contributed by atoms with Crippen LogP contribution in [0.1, 0.15) is 28.9 Å². The van der Waals surface area contributed by atoms with E-state index in [0.29, 0.717) is 11.5 Å². The van der Waals surface area contributed by atoms with Crippen molar-refractivity contribution in [3.05, 3.63) is 77.1 Å². The van der Waals surface area contributed by atoms with Gasteiger partial charge in [0.25, 0.3) is 5.91 Å². The first-order valence-corrected chi connectivity index (χ1v) is 8.28. The predicted molar refractivity (Wildman–Crippen MR) is 93.0 cm³/mol. The Bertz CT molecular complexity index is 949. The van der Waals surface area contributed by atoms with Crippen LogP contribution in [0.25, 0.3) is 5.69 Å². The van der Waals surface area contributed by atoms with Gasteiger partial charge in [-0.2, -0.15) is 0 Å². The van der Waals surface area contributed by atoms with Crippen molar-refractivity contribution >= 4 is 5.91 Å². The number of nitrogens with zero attached hydrogens (tertiary/aromatic N) is 3. The van der Waals surface area contributed by atoms with Crippen LogP contribution in [0.2, 0.25) is 0 Å². The summed E-state index contributed by atoms with van der Waals surface area (Å²) < 4.78 is 41.9. The third kappa shape index (κ3) is 4.16. The Morgan fingerprint density at radius 2 is 1.74 bits per heavy atom. The van der Waals surface area contributed by atoms with Crippen LogP contribution in [0.4, 0.5) is 13.2 Å². The van der Waals surface area contributed by atoms with Gasteiger partial charge in [-0.15, -0.1) is 5.10 Å². The van der Waals surface area contributed by atoms with Crippen molar-refractivity contribution in [1.29, 1.82) is 0 Å². The molecule has 1 unspecified atom stereocenters. The van der Waals surface area contributed by atoms with Crippen molar-refractivity contribution in [2.24, 2.45) is 0 Å². The lowest BCUT2D eigenvalue weighted by atomic mass is 10.1. The number of aromatic nitrogens is 3. The van der Waals surface area contributed by atoms with Crippen LogP contribution < -0.4 is 5.32 Å². The Kier molecular flexibility index (Phi) is 5.25. The summed E-state index contributed by atoms with van der Waals surface area (Å²) in [6.45, 7) is 3.29. The normalized spacial score (nSPS) is 12.0. The molecule has 0 spiro atoms. The molecule has 140 valence electrons. The maximum absolute atomic E-state index is 13.7. The minimum atomic E-state index is -0.661. The average Bonchev–Trinajstić information content (AvgIpc) is 3.01. The molecule has 3 rings (SSSR count). The maximum atomic E-state index is 13.7. The standard InChI is InChI=1S/C19H17F3N4O/c1-11(10-15-16(21)4-3-5-17(15)22)23-19(27)18-24-12(2)26(25-18)14-8-6-13(20)7-9-14/h3-9,11H,10H2,1-2H3,(H,23,27). The van der Waals surface area contributed by atoms with Crippen LogP contribution in [0.3, 0.4) is 0 Å². The van der Waals surface area contributed by atoms with E-state index in [1.54, 1.807) is 13.8 Å². The predicted octanol–water partition coefficient (Wildman–Crippen LogP) is 3.35. The van der Waals surface area contributed by atoms with E-state index in [-0.39, 0.29) is 23.6 Å². The topological polar surface area (TPSA) is 59.8 Å². The van der Waals surface area contributed by atoms with Gasteiger partial charge in [0.15, 0.2) is 0 Å². The minimum absolute atomic E-state index is 0.0120. The molecular formula is C19H17F3N4O. The molecule has 27 heavy (non-hydrogen) atoms. The SMILES string of the molecule is Cc1nc(C(=O)NC(C)Cc2c(F)cccc2F)nn1-c1ccc(F)cc1. The van der Waals surface area contributed by atoms with Crippen molar-refractivity contribution in [2.75, 3.05) is 0 Å². The van der Waals surface area contributed by atoms with Crippen molar-refractivity contribution in [3.63, 3.8) is 0 Å². The van der Waals surface area contributed by atoms with Crippen molar-refractivity contribution in [1.82, 2.24) is 20.1 Å². The summed E-state index contributed by atoms with van der Waals surface area (Å²) in [7, 11) is 0. The smallest absolute Gasteiger partial charge is 0.291 e. The van der Waals surface area contributed by atoms with E-state index in [2.05, 4.69) is 15.4 Å². The number of carbonyl (C=O) groups excluding carboxylic acids is 1. The van der Waals surface area contributed by atoms with Crippen molar-refractivity contribution in [3.8, 4) is 5.69 Å². The maximum Gasteiger partial charge on any atom is 0.291 e. The summed E-state index contributed by atoms with van der Waals surface area (Å²) in [6, 6.07) is 8.67. The van der Waals surface area contributed by atoms with Gasteiger partial charge in [-0.3, -0.25) is 4.79 Å². The van der Waals surface area contributed by atoms with E-state index in [1.807, 2.05) is 0 Å². The van der Waals surface area contributed by atoms with Crippen LogP contribution in [-0.2, 0) is 6.42 Å². The number of nitrogens with one attached hydrogen (secondary N) is 1. The second-order valence-electron chi connectivity index (χ2n) is 6.15. The molecule has 0 bridgehead atoms. The fourth-order valence-electron chi connectivity index (χ4n) is 2.69. The van der Waals surface area contributed by atoms with Crippen LogP contribution in [0.5, 0.6) is 0 Å². The highest BCUT2D eigenvalue weighted by molar-refractivity contribution is 5.90. The average molecular weight is 374 g/mol. The molecule has 0 radical (unpaired) electrons. The first kappa shape index (κ1) is 18.6. The summed E-state index contributed by atoms with van der Waals surface area (Å²) in [5, 5.41) is 6.76. The van der Waals surface area contributed by atoms with E-state index in [0.717, 1.165) is 0 Å². The Morgan fingerprint density at radius 1 is 1.11 bits per heavy atom. The number of rotatable bonds is 5. The Morgan fingerprint density at radius 3 is 2.37 bits per heavy atom. The summed E-state index contributed by atoms with van der Waals surface area (Å²) in [4.78, 5) is 16.5. The molecule has 1 aromatic heterocycles. The lowest BCUT2D eigenvalue weighted by Gasteiger charge is -2.13. The number of carbonyl (C=O) groups is 1. The second kappa shape index (κ2) is 7.61. The van der Waals surface area contributed by atoms with Crippen LogP contribution >= 0.6 is 0 Å². The third-order valence-corrected chi connectivity index (χ3v) is 3.99. The molecule has 0 aliphatic heterocycles. The van der Waals surface area contributed by atoms with Crippen molar-refractivity contribution in [2.45, 2.75) is 26.3 Å². The molecule has 8 heteroatoms. The Hall–Kier alpha value is -3.16. The quantitative estimate of drug-likeness (QED) is 0.745. The lowest BCUT2D eigenvalue weighted by Crippen LogP contribution is -2.35. The largest absolute Gasteiger partial charge is 0.346 e. The number of hydrogen-bond donors (Lipinski definition) is 1. The van der Waals surface area contributed by atoms with E-state index < -0.39 is 23.6 Å². The number of aryl methyl sites for hydroxylation is 1. The zero-order valence-corrected chi connectivity index (χ0v) is 14.7. The molecule has 2 aromatic carbocycles. The van der Waals surface area contributed by atoms with Gasteiger partial charge < -0.3 is 5.32 Å². The van der Waals surface area contributed by atoms with E-state index in [1.165, 1.54) is 47.1 Å². The molecule has 0 aliphatic carbocycles. The highest BCUT2D eigenvalue weighted by Gasteiger charge is 2.19. The highest BCUT2D eigenvalue weighted by atomic mass is 19.1. The van der Waals surface area contributed by atoms with E-state index in [9.17, 15) is 18.0 Å². The van der Waals surface area contributed by atoms with Gasteiger partial charge in [0.2, 0.25) is 5.82 Å². The fraction of sp³-hybridized carbons (Fsp3) is 0.211. The molecule has 3 aromatic rings.